The van der Waals surface area contributed by atoms with Crippen LogP contribution in [-0.2, 0) is 8.85 Å². The summed E-state index contributed by atoms with van der Waals surface area (Å²) >= 11 is 24.7. The minimum absolute atomic E-state index is 0. The Labute approximate surface area is 476 Å². The number of nitriles is 2. The predicted octanol–water partition coefficient (Wildman–Crippen LogP) is 6.92. The van der Waals surface area contributed by atoms with Crippen molar-refractivity contribution in [3.05, 3.63) is 126 Å². The number of halogens is 6. The van der Waals surface area contributed by atoms with Crippen molar-refractivity contribution in [2.45, 2.75) is 102 Å². The van der Waals surface area contributed by atoms with Crippen LogP contribution in [0.3, 0.4) is 0 Å². The summed E-state index contributed by atoms with van der Waals surface area (Å²) in [7, 11) is -2.35. The van der Waals surface area contributed by atoms with E-state index in [4.69, 9.17) is 65.3 Å². The Morgan fingerprint density at radius 3 is 1.40 bits per heavy atom. The third-order valence-corrected chi connectivity index (χ3v) is 22.9. The van der Waals surface area contributed by atoms with E-state index in [2.05, 4.69) is 84.4 Å². The molecule has 0 bridgehead atoms. The molecule has 2 amide bonds. The largest absolute Gasteiger partial charge is 2.00 e. The number of phenols is 1. The number of hydrogen-bond acceptors (Lipinski definition) is 8. The van der Waals surface area contributed by atoms with Crippen LogP contribution in [0.1, 0.15) is 109 Å². The smallest absolute Gasteiger partial charge is 1.00 e. The van der Waals surface area contributed by atoms with Crippen molar-refractivity contribution in [3.8, 4) is 23.6 Å². The van der Waals surface area contributed by atoms with Crippen LogP contribution < -0.4 is 63.3 Å². The second kappa shape index (κ2) is 29.6. The van der Waals surface area contributed by atoms with Crippen molar-refractivity contribution in [1.29, 1.82) is 10.5 Å². The van der Waals surface area contributed by atoms with Gasteiger partial charge in [0, 0.05) is 38.1 Å². The topological polar surface area (TPSA) is 154 Å². The van der Waals surface area contributed by atoms with Crippen molar-refractivity contribution >= 4 is 97.9 Å². The molecule has 68 heavy (non-hydrogen) atoms. The van der Waals surface area contributed by atoms with E-state index in [1.807, 2.05) is 24.3 Å². The molecule has 366 valence electrons. The maximum Gasteiger partial charge on any atom is 2.00 e. The molecule has 0 fully saturated rings. The van der Waals surface area contributed by atoms with Gasteiger partial charge in [0.05, 0.1) is 49.5 Å². The van der Waals surface area contributed by atoms with Crippen molar-refractivity contribution in [2.75, 3.05) is 33.4 Å². The third-order valence-electron chi connectivity index (χ3n) is 12.3. The number of rotatable bonds is 17. The Morgan fingerprint density at radius 2 is 1.03 bits per heavy atom. The van der Waals surface area contributed by atoms with Crippen LogP contribution in [0.25, 0.3) is 0 Å². The number of hydrogen-bond donors (Lipinski definition) is 3. The van der Waals surface area contributed by atoms with E-state index in [0.717, 1.165) is 11.1 Å². The molecule has 3 N–H and O–H groups in total. The first-order valence-corrected chi connectivity index (χ1v) is 28.6. The minimum atomic E-state index is -1.91. The number of benzene rings is 4. The number of amides is 2. The van der Waals surface area contributed by atoms with Crippen LogP contribution in [0.15, 0.2) is 72.8 Å². The molecule has 4 rings (SSSR count). The molecular weight excluding hydrogens is 1220 g/mol. The maximum absolute atomic E-state index is 12.9. The summed E-state index contributed by atoms with van der Waals surface area (Å²) in [5.74, 6) is -0.905. The first-order valence-electron chi connectivity index (χ1n) is 21.3. The Balaban J connectivity index is 0.00000127. The quantitative estimate of drug-likeness (QED) is 0.0762. The Hall–Kier alpha value is -1.86. The van der Waals surface area contributed by atoms with Crippen molar-refractivity contribution in [1.82, 2.24) is 10.6 Å². The monoisotopic (exact) mass is 1280 g/mol. The van der Waals surface area contributed by atoms with Gasteiger partial charge in [-0.25, -0.2) is 0 Å². The molecule has 0 aromatic heterocycles. The third kappa shape index (κ3) is 19.0. The minimum Gasteiger partial charge on any atom is -1.00 e. The average molecular weight is 1280 g/mol. The van der Waals surface area contributed by atoms with Crippen LogP contribution in [0.4, 0.5) is 0 Å². The summed E-state index contributed by atoms with van der Waals surface area (Å²) in [6, 6.07) is 24.3. The van der Waals surface area contributed by atoms with E-state index in [-0.39, 0.29) is 121 Å². The molecule has 10 nitrogen and oxygen atoms in total. The van der Waals surface area contributed by atoms with Crippen molar-refractivity contribution in [3.63, 3.8) is 0 Å². The molecule has 0 heterocycles. The summed E-state index contributed by atoms with van der Waals surface area (Å²) in [5.41, 5.74) is 2.67. The van der Waals surface area contributed by atoms with E-state index in [0.29, 0.717) is 70.4 Å². The number of nitrogens with one attached hydrogen (secondary N) is 2. The molecule has 0 radical (unpaired) electrons. The molecule has 0 spiro atoms. The van der Waals surface area contributed by atoms with Gasteiger partial charge in [-0.2, -0.15) is 10.5 Å². The first-order chi connectivity index (χ1) is 30.3. The number of methoxy groups -OCH3 is 1. The number of para-hydroxylation sites is 2. The van der Waals surface area contributed by atoms with Crippen LogP contribution in [0.5, 0.6) is 11.5 Å². The zero-order valence-corrected chi connectivity index (χ0v) is 51.4. The Bertz CT molecular complexity index is 2390. The standard InChI is InChI=1S/C25H32Cl2N2O3Si.C24H30Cl2N2O3Si.2HI.Mg/c1-25(2,3)33(5,6)32-13-12-19(17-10-11-21(26)22(27)14-17)16-29-24(30)20-9-7-8-18(15-28)23(20)31-4;1-24(2,3)32(4,5)31-12-11-18(16-9-10-20(25)21(26)13-16)15-28-23(30)19-8-6-7-17(14-27)22(19)29;;;/h7-11,14,19H,12-13,16H2,1-6H3,(H,29,30);6-10,13,18,29H,11-12,15H2,1-5H3,(H,28,30);2*1H;/q;;;;+2/p-2/t19-;18-;;;/m11.../s1. The molecule has 0 saturated carbocycles. The first kappa shape index (κ1) is 66.1. The van der Waals surface area contributed by atoms with Crippen LogP contribution in [0, 0.1) is 22.7 Å². The molecule has 0 aliphatic carbocycles. The van der Waals surface area contributed by atoms with Gasteiger partial charge < -0.3 is 77.3 Å². The normalized spacial score (nSPS) is 12.2. The van der Waals surface area contributed by atoms with E-state index in [1.54, 1.807) is 42.5 Å². The van der Waals surface area contributed by atoms with Gasteiger partial charge in [-0.15, -0.1) is 0 Å². The predicted molar refractivity (Wildman–Crippen MR) is 275 cm³/mol. The van der Waals surface area contributed by atoms with E-state index in [9.17, 15) is 20.0 Å². The number of carbonyl (C=O) groups is 2. The van der Waals surface area contributed by atoms with Gasteiger partial charge in [0.1, 0.15) is 23.6 Å². The average Bonchev–Trinajstić information content (AvgIpc) is 3.24. The number of ether oxygens (including phenoxy) is 1. The fourth-order valence-electron chi connectivity index (χ4n) is 6.11. The van der Waals surface area contributed by atoms with Crippen LogP contribution >= 0.6 is 46.4 Å². The van der Waals surface area contributed by atoms with Crippen molar-refractivity contribution in [2.24, 2.45) is 0 Å². The van der Waals surface area contributed by atoms with Gasteiger partial charge >= 0.3 is 23.1 Å². The molecular formula is C49H62Cl4I2MgN4O6Si2. The molecule has 0 aliphatic heterocycles. The Kier molecular flexibility index (Phi) is 28.8. The molecule has 4 aromatic carbocycles. The molecule has 2 atom stereocenters. The number of aromatic hydroxyl groups is 1. The van der Waals surface area contributed by atoms with E-state index in [1.165, 1.54) is 19.2 Å². The number of carbonyl (C=O) groups excluding carboxylic acids is 2. The maximum atomic E-state index is 12.9. The summed E-state index contributed by atoms with van der Waals surface area (Å²) in [4.78, 5) is 25.6. The fraction of sp³-hybridized carbons (Fsp3) is 0.429. The number of phenolic OH excluding ortho intramolecular Hbond substituents is 1. The summed E-state index contributed by atoms with van der Waals surface area (Å²) < 4.78 is 18.0. The van der Waals surface area contributed by atoms with E-state index >= 15 is 0 Å². The van der Waals surface area contributed by atoms with Crippen LogP contribution in [0.2, 0.25) is 56.4 Å². The Morgan fingerprint density at radius 1 is 0.647 bits per heavy atom. The zero-order chi connectivity index (χ0) is 48.9. The van der Waals surface area contributed by atoms with Gasteiger partial charge in [0.25, 0.3) is 11.8 Å². The van der Waals surface area contributed by atoms with Gasteiger partial charge in [0.15, 0.2) is 16.6 Å². The van der Waals surface area contributed by atoms with E-state index < -0.39 is 22.5 Å². The zero-order valence-electron chi connectivity index (χ0n) is 40.7. The fourth-order valence-corrected chi connectivity index (χ4v) is 8.85. The van der Waals surface area contributed by atoms with Gasteiger partial charge in [-0.3, -0.25) is 9.59 Å². The van der Waals surface area contributed by atoms with Gasteiger partial charge in [0.2, 0.25) is 0 Å². The SMILES string of the molecule is CC(C)(C)[Si](C)(C)OCC[C@H](CNC(=O)c1cccc(C#N)c1O)c1ccc(Cl)c(Cl)c1.COc1c(C#N)cccc1C(=O)NC[C@@H](CCO[Si](C)(C)C(C)(C)C)c1ccc(Cl)c(Cl)c1.[I-].[I-].[Mg+2]. The van der Waals surface area contributed by atoms with Gasteiger partial charge in [-0.05, 0) is 109 Å². The molecule has 19 heteroatoms. The van der Waals surface area contributed by atoms with Crippen LogP contribution in [-0.4, -0.2) is 90.0 Å². The summed E-state index contributed by atoms with van der Waals surface area (Å²) in [6.45, 7) is 23.8. The molecule has 0 aliphatic rings. The molecule has 0 saturated heterocycles. The second-order valence-electron chi connectivity index (χ2n) is 18.8. The molecule has 4 aromatic rings. The second-order valence-corrected chi connectivity index (χ2v) is 30.0. The summed E-state index contributed by atoms with van der Waals surface area (Å²) in [5, 5.41) is 36.5. The summed E-state index contributed by atoms with van der Waals surface area (Å²) in [6.07, 6.45) is 1.38. The molecule has 0 unspecified atom stereocenters. The van der Waals surface area contributed by atoms with Gasteiger partial charge in [-0.1, -0.05) is 112 Å². The number of nitrogens with zero attached hydrogens (tertiary/aromatic N) is 2. The van der Waals surface area contributed by atoms with Crippen molar-refractivity contribution < 1.29 is 76.2 Å².